The van der Waals surface area contributed by atoms with Crippen molar-refractivity contribution < 1.29 is 13.7 Å². The predicted octanol–water partition coefficient (Wildman–Crippen LogP) is 1.71. The highest BCUT2D eigenvalue weighted by atomic mass is 19.2. The van der Waals surface area contributed by atoms with Crippen LogP contribution in [0.25, 0.3) is 11.4 Å². The van der Waals surface area contributed by atoms with E-state index < -0.39 is 22.2 Å². The van der Waals surface area contributed by atoms with Crippen molar-refractivity contribution in [1.29, 1.82) is 0 Å². The summed E-state index contributed by atoms with van der Waals surface area (Å²) in [6, 6.07) is 1.26. The molecule has 0 spiro atoms. The molecule has 0 amide bonds. The zero-order chi connectivity index (χ0) is 14.2. The van der Waals surface area contributed by atoms with Gasteiger partial charge >= 0.3 is 0 Å². The van der Waals surface area contributed by atoms with Crippen LogP contribution in [0.3, 0.4) is 0 Å². The fraction of sp³-hybridized carbons (Fsp3) is 0.200. The van der Waals surface area contributed by atoms with E-state index in [-0.39, 0.29) is 11.4 Å². The number of aromatic nitrogens is 3. The molecule has 0 radical (unpaired) electrons. The molecule has 2 aromatic rings. The zero-order valence-electron chi connectivity index (χ0n) is 10.0. The third-order valence-corrected chi connectivity index (χ3v) is 2.57. The molecule has 0 saturated carbocycles. The lowest BCUT2D eigenvalue weighted by Crippen LogP contribution is -2.02. The van der Waals surface area contributed by atoms with E-state index in [2.05, 4.69) is 15.5 Å². The standard InChI is InChI=1S/C10H9F2N5O2/c1-13-10-15-14-9(16(10)2)5-3-6(11)7(12)4-8(5)17(18)19/h3-4H,1-2H3,(H,13,15). The second kappa shape index (κ2) is 4.59. The first-order chi connectivity index (χ1) is 8.95. The Bertz CT molecular complexity index is 656. The summed E-state index contributed by atoms with van der Waals surface area (Å²) in [4.78, 5) is 10.1. The van der Waals surface area contributed by atoms with Crippen LogP contribution in [0.1, 0.15) is 0 Å². The minimum absolute atomic E-state index is 0.0648. The van der Waals surface area contributed by atoms with Gasteiger partial charge in [-0.3, -0.25) is 14.7 Å². The Morgan fingerprint density at radius 3 is 2.47 bits per heavy atom. The maximum Gasteiger partial charge on any atom is 0.283 e. The Morgan fingerprint density at radius 2 is 1.95 bits per heavy atom. The average molecular weight is 269 g/mol. The number of nitrogens with zero attached hydrogens (tertiary/aromatic N) is 4. The monoisotopic (exact) mass is 269 g/mol. The molecule has 1 heterocycles. The fourth-order valence-corrected chi connectivity index (χ4v) is 1.65. The van der Waals surface area contributed by atoms with Gasteiger partial charge < -0.3 is 5.32 Å². The van der Waals surface area contributed by atoms with Gasteiger partial charge in [0.2, 0.25) is 5.95 Å². The Labute approximate surface area is 106 Å². The minimum atomic E-state index is -1.29. The number of rotatable bonds is 3. The van der Waals surface area contributed by atoms with Crippen LogP contribution in [-0.4, -0.2) is 26.7 Å². The third-order valence-electron chi connectivity index (χ3n) is 2.57. The van der Waals surface area contributed by atoms with Crippen LogP contribution in [0.2, 0.25) is 0 Å². The summed E-state index contributed by atoms with van der Waals surface area (Å²) in [6.45, 7) is 0. The maximum absolute atomic E-state index is 13.3. The number of halogens is 2. The zero-order valence-corrected chi connectivity index (χ0v) is 10.0. The van der Waals surface area contributed by atoms with Gasteiger partial charge in [0, 0.05) is 14.1 Å². The fourth-order valence-electron chi connectivity index (χ4n) is 1.65. The van der Waals surface area contributed by atoms with Crippen LogP contribution in [-0.2, 0) is 7.05 Å². The van der Waals surface area contributed by atoms with Gasteiger partial charge in [-0.2, -0.15) is 0 Å². The molecule has 0 unspecified atom stereocenters. The van der Waals surface area contributed by atoms with Crippen molar-refractivity contribution in [2.75, 3.05) is 12.4 Å². The van der Waals surface area contributed by atoms with E-state index in [4.69, 9.17) is 0 Å². The summed E-state index contributed by atoms with van der Waals surface area (Å²) in [6.07, 6.45) is 0. The van der Waals surface area contributed by atoms with E-state index >= 15 is 0 Å². The molecule has 1 N–H and O–H groups in total. The van der Waals surface area contributed by atoms with E-state index in [0.29, 0.717) is 12.0 Å². The molecule has 0 aliphatic rings. The maximum atomic E-state index is 13.3. The molecule has 2 rings (SSSR count). The average Bonchev–Trinajstić information content (AvgIpc) is 2.73. The molecule has 0 aliphatic heterocycles. The molecule has 9 heteroatoms. The summed E-state index contributed by atoms with van der Waals surface area (Å²) in [7, 11) is 3.14. The second-order valence-corrected chi connectivity index (χ2v) is 3.70. The summed E-state index contributed by atoms with van der Waals surface area (Å²) < 4.78 is 27.7. The van der Waals surface area contributed by atoms with Gasteiger partial charge in [0.1, 0.15) is 5.56 Å². The van der Waals surface area contributed by atoms with Crippen molar-refractivity contribution in [2.24, 2.45) is 7.05 Å². The SMILES string of the molecule is CNc1nnc(-c2cc(F)c(F)cc2[N+](=O)[O-])n1C. The first-order valence-corrected chi connectivity index (χ1v) is 5.16. The number of nitro benzene ring substituents is 1. The van der Waals surface area contributed by atoms with Crippen molar-refractivity contribution in [3.8, 4) is 11.4 Å². The molecule has 0 bridgehead atoms. The molecule has 7 nitrogen and oxygen atoms in total. The van der Waals surface area contributed by atoms with Crippen LogP contribution >= 0.6 is 0 Å². The van der Waals surface area contributed by atoms with Crippen LogP contribution < -0.4 is 5.32 Å². The second-order valence-electron chi connectivity index (χ2n) is 3.70. The third kappa shape index (κ3) is 2.09. The minimum Gasteiger partial charge on any atom is -0.357 e. The summed E-state index contributed by atoms with van der Waals surface area (Å²) in [5.74, 6) is -2.06. The van der Waals surface area contributed by atoms with E-state index in [1.54, 1.807) is 14.1 Å². The van der Waals surface area contributed by atoms with Crippen LogP contribution in [0, 0.1) is 21.7 Å². The number of nitrogens with one attached hydrogen (secondary N) is 1. The van der Waals surface area contributed by atoms with E-state index in [0.717, 1.165) is 6.07 Å². The van der Waals surface area contributed by atoms with Gasteiger partial charge in [0.15, 0.2) is 17.5 Å². The van der Waals surface area contributed by atoms with Gasteiger partial charge in [0.25, 0.3) is 5.69 Å². The summed E-state index contributed by atoms with van der Waals surface area (Å²) in [5.41, 5.74) is -0.711. The van der Waals surface area contributed by atoms with Crippen LogP contribution in [0.5, 0.6) is 0 Å². The molecular formula is C10H9F2N5O2. The molecule has 100 valence electrons. The lowest BCUT2D eigenvalue weighted by molar-refractivity contribution is -0.384. The van der Waals surface area contributed by atoms with Gasteiger partial charge in [-0.1, -0.05) is 0 Å². The quantitative estimate of drug-likeness (QED) is 0.677. The van der Waals surface area contributed by atoms with Crippen LogP contribution in [0.4, 0.5) is 20.4 Å². The summed E-state index contributed by atoms with van der Waals surface area (Å²) in [5, 5.41) is 21.1. The first-order valence-electron chi connectivity index (χ1n) is 5.16. The number of nitro groups is 1. The highest BCUT2D eigenvalue weighted by Gasteiger charge is 2.24. The first kappa shape index (κ1) is 12.9. The van der Waals surface area contributed by atoms with Gasteiger partial charge in [-0.15, -0.1) is 10.2 Å². The number of benzene rings is 1. The number of hydrogen-bond acceptors (Lipinski definition) is 5. The van der Waals surface area contributed by atoms with E-state index in [9.17, 15) is 18.9 Å². The largest absolute Gasteiger partial charge is 0.357 e. The topological polar surface area (TPSA) is 85.9 Å². The number of hydrogen-bond donors (Lipinski definition) is 1. The Balaban J connectivity index is 2.70. The molecule has 1 aromatic heterocycles. The summed E-state index contributed by atoms with van der Waals surface area (Å²) >= 11 is 0. The number of anilines is 1. The smallest absolute Gasteiger partial charge is 0.283 e. The Hall–Kier alpha value is -2.58. The molecule has 0 fully saturated rings. The molecule has 19 heavy (non-hydrogen) atoms. The van der Waals surface area contributed by atoms with Gasteiger partial charge in [-0.05, 0) is 6.07 Å². The van der Waals surface area contributed by atoms with Crippen LogP contribution in [0.15, 0.2) is 12.1 Å². The predicted molar refractivity (Wildman–Crippen MR) is 62.6 cm³/mol. The van der Waals surface area contributed by atoms with Crippen molar-refractivity contribution in [3.05, 3.63) is 33.9 Å². The Kier molecular flexibility index (Phi) is 3.11. The van der Waals surface area contributed by atoms with Crippen molar-refractivity contribution >= 4 is 11.6 Å². The van der Waals surface area contributed by atoms with Crippen molar-refractivity contribution in [1.82, 2.24) is 14.8 Å². The normalized spacial score (nSPS) is 10.5. The Morgan fingerprint density at radius 1 is 1.32 bits per heavy atom. The molecule has 0 aliphatic carbocycles. The molecule has 0 saturated heterocycles. The van der Waals surface area contributed by atoms with E-state index in [1.165, 1.54) is 4.57 Å². The highest BCUT2D eigenvalue weighted by molar-refractivity contribution is 5.69. The van der Waals surface area contributed by atoms with E-state index in [1.807, 2.05) is 0 Å². The highest BCUT2D eigenvalue weighted by Crippen LogP contribution is 2.31. The lowest BCUT2D eigenvalue weighted by atomic mass is 10.1. The van der Waals surface area contributed by atoms with Gasteiger partial charge in [-0.25, -0.2) is 8.78 Å². The van der Waals surface area contributed by atoms with Crippen molar-refractivity contribution in [3.63, 3.8) is 0 Å². The molecular weight excluding hydrogens is 260 g/mol. The van der Waals surface area contributed by atoms with Crippen molar-refractivity contribution in [2.45, 2.75) is 0 Å². The lowest BCUT2D eigenvalue weighted by Gasteiger charge is -2.05. The van der Waals surface area contributed by atoms with Gasteiger partial charge in [0.05, 0.1) is 11.0 Å². The molecule has 1 aromatic carbocycles. The molecule has 0 atom stereocenters.